The quantitative estimate of drug-likeness (QED) is 0.836. The van der Waals surface area contributed by atoms with Gasteiger partial charge in [0.2, 0.25) is 0 Å². The van der Waals surface area contributed by atoms with Gasteiger partial charge in [-0.15, -0.1) is 0 Å². The van der Waals surface area contributed by atoms with Gasteiger partial charge in [-0.1, -0.05) is 39.7 Å². The van der Waals surface area contributed by atoms with Gasteiger partial charge in [0.1, 0.15) is 0 Å². The van der Waals surface area contributed by atoms with Gasteiger partial charge in [0.05, 0.1) is 6.10 Å². The van der Waals surface area contributed by atoms with Crippen LogP contribution in [0.5, 0.6) is 0 Å². The highest BCUT2D eigenvalue weighted by Gasteiger charge is 2.19. The third-order valence-electron chi connectivity index (χ3n) is 4.10. The molecule has 2 aromatic rings. The lowest BCUT2D eigenvalue weighted by atomic mass is 9.98. The fourth-order valence-corrected chi connectivity index (χ4v) is 3.71. The van der Waals surface area contributed by atoms with Crippen LogP contribution < -0.4 is 4.90 Å². The monoisotopic (exact) mass is 345 g/mol. The predicted octanol–water partition coefficient (Wildman–Crippen LogP) is 4.90. The van der Waals surface area contributed by atoms with Crippen molar-refractivity contribution in [2.24, 2.45) is 0 Å². The molecule has 0 bridgehead atoms. The minimum atomic E-state index is -0.454. The van der Waals surface area contributed by atoms with Crippen molar-refractivity contribution in [3.8, 4) is 0 Å². The van der Waals surface area contributed by atoms with Gasteiger partial charge in [-0.25, -0.2) is 0 Å². The number of aryl methyl sites for hydroxylation is 2. The zero-order valence-corrected chi connectivity index (χ0v) is 14.0. The second-order valence-corrected chi connectivity index (χ2v) is 6.62. The fraction of sp³-hybridized carbons (Fsp3) is 0.333. The summed E-state index contributed by atoms with van der Waals surface area (Å²) in [6, 6.07) is 12.9. The summed E-state index contributed by atoms with van der Waals surface area (Å²) in [5.74, 6) is 0. The summed E-state index contributed by atoms with van der Waals surface area (Å²) >= 11 is 3.58. The van der Waals surface area contributed by atoms with Gasteiger partial charge >= 0.3 is 0 Å². The molecule has 2 aromatic carbocycles. The highest BCUT2D eigenvalue weighted by Crippen LogP contribution is 2.36. The van der Waals surface area contributed by atoms with E-state index in [9.17, 15) is 5.11 Å². The Labute approximate surface area is 134 Å². The molecule has 0 fully saturated rings. The average Bonchev–Trinajstić information content (AvgIpc) is 2.45. The highest BCUT2D eigenvalue weighted by molar-refractivity contribution is 9.10. The molecule has 0 saturated carbocycles. The molecule has 0 spiro atoms. The molecule has 3 heteroatoms. The van der Waals surface area contributed by atoms with Gasteiger partial charge in [-0.2, -0.15) is 0 Å². The second kappa shape index (κ2) is 5.82. The van der Waals surface area contributed by atoms with Gasteiger partial charge in [0.15, 0.2) is 0 Å². The van der Waals surface area contributed by atoms with Crippen molar-refractivity contribution in [3.05, 3.63) is 57.6 Å². The largest absolute Gasteiger partial charge is 0.389 e. The Morgan fingerprint density at radius 1 is 1.19 bits per heavy atom. The number of fused-ring (bicyclic) bond motifs is 1. The van der Waals surface area contributed by atoms with E-state index in [-0.39, 0.29) is 0 Å². The first kappa shape index (κ1) is 14.6. The van der Waals surface area contributed by atoms with Crippen LogP contribution in [0.4, 0.5) is 11.4 Å². The lowest BCUT2D eigenvalue weighted by Crippen LogP contribution is -2.24. The summed E-state index contributed by atoms with van der Waals surface area (Å²) in [5, 5.41) is 9.75. The summed E-state index contributed by atoms with van der Waals surface area (Å²) in [5.41, 5.74) is 6.16. The number of benzene rings is 2. The zero-order chi connectivity index (χ0) is 15.0. The van der Waals surface area contributed by atoms with Crippen molar-refractivity contribution in [3.63, 3.8) is 0 Å². The summed E-state index contributed by atoms with van der Waals surface area (Å²) in [4.78, 5) is 2.37. The molecule has 1 atom stereocenters. The zero-order valence-electron chi connectivity index (χ0n) is 12.4. The second-order valence-electron chi connectivity index (χ2n) is 5.77. The Kier molecular flexibility index (Phi) is 4.05. The Balaban J connectivity index is 2.01. The minimum absolute atomic E-state index is 0.454. The molecule has 0 saturated heterocycles. The van der Waals surface area contributed by atoms with E-state index >= 15 is 0 Å². The standard InChI is InChI=1S/C18H20BrNO/c1-12-5-8-18-14(10-12)4-3-9-20(18)15-6-7-16(13(2)21)17(19)11-15/h5-8,10-11,13,21H,3-4,9H2,1-2H3/t13-/m0/s1. The maximum absolute atomic E-state index is 9.75. The summed E-state index contributed by atoms with van der Waals surface area (Å²) in [6.45, 7) is 4.97. The number of nitrogens with zero attached hydrogens (tertiary/aromatic N) is 1. The number of hydrogen-bond donors (Lipinski definition) is 1. The lowest BCUT2D eigenvalue weighted by molar-refractivity contribution is 0.198. The predicted molar refractivity (Wildman–Crippen MR) is 91.3 cm³/mol. The first-order valence-electron chi connectivity index (χ1n) is 7.41. The highest BCUT2D eigenvalue weighted by atomic mass is 79.9. The summed E-state index contributed by atoms with van der Waals surface area (Å²) in [6.07, 6.45) is 1.87. The SMILES string of the molecule is Cc1ccc2c(c1)CCCN2c1ccc([C@H](C)O)c(Br)c1. The molecule has 2 nitrogen and oxygen atoms in total. The van der Waals surface area contributed by atoms with Crippen LogP contribution in [0.25, 0.3) is 0 Å². The molecule has 1 heterocycles. The molecule has 1 N–H and O–H groups in total. The van der Waals surface area contributed by atoms with E-state index in [4.69, 9.17) is 0 Å². The van der Waals surface area contributed by atoms with E-state index in [1.54, 1.807) is 6.92 Å². The molecule has 0 radical (unpaired) electrons. The van der Waals surface area contributed by atoms with E-state index in [0.29, 0.717) is 0 Å². The smallest absolute Gasteiger partial charge is 0.0772 e. The molecule has 1 aliphatic rings. The molecular weight excluding hydrogens is 326 g/mol. The third kappa shape index (κ3) is 2.85. The minimum Gasteiger partial charge on any atom is -0.389 e. The third-order valence-corrected chi connectivity index (χ3v) is 4.79. The van der Waals surface area contributed by atoms with Crippen LogP contribution in [-0.2, 0) is 6.42 Å². The number of halogens is 1. The number of anilines is 2. The van der Waals surface area contributed by atoms with Gasteiger partial charge in [0, 0.05) is 22.4 Å². The van der Waals surface area contributed by atoms with Crippen LogP contribution in [0, 0.1) is 6.92 Å². The average molecular weight is 346 g/mol. The van der Waals surface area contributed by atoms with E-state index in [0.717, 1.165) is 23.0 Å². The van der Waals surface area contributed by atoms with Gasteiger partial charge in [-0.3, -0.25) is 0 Å². The molecule has 0 aromatic heterocycles. The number of aliphatic hydroxyl groups excluding tert-OH is 1. The Hall–Kier alpha value is -1.32. The summed E-state index contributed by atoms with van der Waals surface area (Å²) < 4.78 is 0.967. The van der Waals surface area contributed by atoms with Crippen LogP contribution in [0.1, 0.15) is 36.1 Å². The van der Waals surface area contributed by atoms with E-state index in [1.165, 1.54) is 28.9 Å². The van der Waals surface area contributed by atoms with E-state index in [1.807, 2.05) is 6.07 Å². The van der Waals surface area contributed by atoms with Crippen LogP contribution >= 0.6 is 15.9 Å². The maximum atomic E-state index is 9.75. The lowest BCUT2D eigenvalue weighted by Gasteiger charge is -2.32. The molecule has 1 aliphatic heterocycles. The fourth-order valence-electron chi connectivity index (χ4n) is 3.02. The first-order valence-corrected chi connectivity index (χ1v) is 8.20. The first-order chi connectivity index (χ1) is 10.1. The van der Waals surface area contributed by atoms with Crippen molar-refractivity contribution >= 4 is 27.3 Å². The molecule has 0 aliphatic carbocycles. The van der Waals surface area contributed by atoms with Crippen LogP contribution in [0.3, 0.4) is 0 Å². The number of rotatable bonds is 2. The van der Waals surface area contributed by atoms with Crippen molar-refractivity contribution in [1.29, 1.82) is 0 Å². The molecular formula is C18H20BrNO. The number of hydrogen-bond acceptors (Lipinski definition) is 2. The van der Waals surface area contributed by atoms with Crippen molar-refractivity contribution < 1.29 is 5.11 Å². The Morgan fingerprint density at radius 2 is 2.00 bits per heavy atom. The number of aliphatic hydroxyl groups is 1. The van der Waals surface area contributed by atoms with Crippen molar-refractivity contribution in [1.82, 2.24) is 0 Å². The van der Waals surface area contributed by atoms with E-state index in [2.05, 4.69) is 58.1 Å². The molecule has 110 valence electrons. The molecule has 0 amide bonds. The summed E-state index contributed by atoms with van der Waals surface area (Å²) in [7, 11) is 0. The Morgan fingerprint density at radius 3 is 2.71 bits per heavy atom. The molecule has 21 heavy (non-hydrogen) atoms. The van der Waals surface area contributed by atoms with Crippen LogP contribution in [-0.4, -0.2) is 11.7 Å². The van der Waals surface area contributed by atoms with E-state index < -0.39 is 6.10 Å². The Bertz CT molecular complexity index is 666. The molecule has 3 rings (SSSR count). The van der Waals surface area contributed by atoms with Gasteiger partial charge in [0.25, 0.3) is 0 Å². The van der Waals surface area contributed by atoms with Crippen molar-refractivity contribution in [2.45, 2.75) is 32.8 Å². The van der Waals surface area contributed by atoms with Crippen LogP contribution in [0.2, 0.25) is 0 Å². The van der Waals surface area contributed by atoms with Crippen LogP contribution in [0.15, 0.2) is 40.9 Å². The van der Waals surface area contributed by atoms with Crippen molar-refractivity contribution in [2.75, 3.05) is 11.4 Å². The molecule has 0 unspecified atom stereocenters. The van der Waals surface area contributed by atoms with Gasteiger partial charge in [-0.05, 0) is 56.0 Å². The van der Waals surface area contributed by atoms with Gasteiger partial charge < -0.3 is 10.0 Å². The topological polar surface area (TPSA) is 23.5 Å². The normalized spacial score (nSPS) is 15.7. The maximum Gasteiger partial charge on any atom is 0.0772 e.